The van der Waals surface area contributed by atoms with Crippen molar-refractivity contribution in [2.45, 2.75) is 158 Å². The standard InChI is InChI=1S/C14H26O4.C12H18O4.C10H20O5.C9H18O5.C5H12O3.C4H6O3.CH4.BHO/c1-11(17)3-5-13(7-9-15)14(8-10-16)6-4-12(2)18;13-11-3-1-9(5-7-15-11)10-2-4-12(14)16-8-6-10;1-3-5-13-8-9-15-10(11)14-7-4-6-12-2;1-2-5-12-7-8-14-9(11)13-6-3-4-10;1-2-3-7-4-5-8-6;5-4-6-2-1-3-7-4;;1-2/h13-16H,3-10H2,1-2H3;9-10H,1-8H2;3-9H2,1-2H3;10H,2-8H2,1H3;6H,2-5H2,1H3;1-3H2;1H4;1H/i;;;;;;;1D. The van der Waals surface area contributed by atoms with E-state index in [1.165, 1.54) is 0 Å². The van der Waals surface area contributed by atoms with Crippen LogP contribution in [0.15, 0.2) is 0 Å². The van der Waals surface area contributed by atoms with Gasteiger partial charge in [-0.1, -0.05) is 28.2 Å². The van der Waals surface area contributed by atoms with E-state index in [1.807, 2.05) is 20.8 Å². The average Bonchev–Trinajstić information content (AvgIpc) is 3.81. The van der Waals surface area contributed by atoms with Crippen molar-refractivity contribution in [3.05, 3.63) is 0 Å². The molecule has 0 saturated carbocycles. The fourth-order valence-electron chi connectivity index (χ4n) is 7.25. The Bertz CT molecular complexity index is 1430. The van der Waals surface area contributed by atoms with Crippen LogP contribution in [0.25, 0.3) is 0 Å². The van der Waals surface area contributed by atoms with Gasteiger partial charge in [0.25, 0.3) is 0 Å². The summed E-state index contributed by atoms with van der Waals surface area (Å²) in [7, 11) is 1.60. The number of cyclic esters (lactones) is 4. The van der Waals surface area contributed by atoms with Gasteiger partial charge < -0.3 is 81.8 Å². The van der Waals surface area contributed by atoms with Crippen LogP contribution in [0.4, 0.5) is 14.4 Å². The number of esters is 2. The summed E-state index contributed by atoms with van der Waals surface area (Å²) < 4.78 is 71.6. The molecule has 3 rings (SSSR count). The molecule has 0 amide bonds. The van der Waals surface area contributed by atoms with Crippen molar-refractivity contribution in [2.75, 3.05) is 133 Å². The van der Waals surface area contributed by atoms with E-state index >= 15 is 0 Å². The van der Waals surface area contributed by atoms with Gasteiger partial charge in [-0.15, -0.1) is 0 Å². The first kappa shape index (κ1) is 83.1. The fraction of sp³-hybridized carbons (Fsp3) is 0.873. The van der Waals surface area contributed by atoms with Gasteiger partial charge in [-0.2, -0.15) is 0 Å². The summed E-state index contributed by atoms with van der Waals surface area (Å²) in [5.74, 6) is 1.59. The Morgan fingerprint density at radius 2 is 0.951 bits per heavy atom. The Morgan fingerprint density at radius 3 is 1.28 bits per heavy atom. The van der Waals surface area contributed by atoms with Crippen molar-refractivity contribution in [2.24, 2.45) is 23.7 Å². The number of carbonyl (C=O) groups is 7. The molecule has 0 aromatic heterocycles. The van der Waals surface area contributed by atoms with Crippen molar-refractivity contribution in [3.63, 3.8) is 0 Å². The van der Waals surface area contributed by atoms with Crippen LogP contribution in [0.1, 0.15) is 158 Å². The molecular weight excluding hydrogens is 1070 g/mol. The summed E-state index contributed by atoms with van der Waals surface area (Å²) in [6.45, 7) is 16.6. The van der Waals surface area contributed by atoms with Crippen LogP contribution in [0.2, 0.25) is 0 Å². The molecule has 4 unspecified atom stereocenters. The van der Waals surface area contributed by atoms with E-state index in [0.717, 1.165) is 70.8 Å². The molecule has 0 bridgehead atoms. The molecule has 4 atom stereocenters. The van der Waals surface area contributed by atoms with Gasteiger partial charge in [-0.3, -0.25) is 14.8 Å². The molecular formula is C55H105BO25. The second-order valence-electron chi connectivity index (χ2n) is 17.9. The Hall–Kier alpha value is -4.41. The predicted molar refractivity (Wildman–Crippen MR) is 298 cm³/mol. The molecule has 0 spiro atoms. The molecule has 0 aromatic rings. The number of rotatable bonds is 34. The number of aliphatic hydroxyl groups excluding tert-OH is 3. The van der Waals surface area contributed by atoms with Gasteiger partial charge in [0.15, 0.2) is 0 Å². The number of hydrogen-bond donors (Lipinski definition) is 4. The Morgan fingerprint density at radius 1 is 0.556 bits per heavy atom. The predicted octanol–water partition coefficient (Wildman–Crippen LogP) is 7.26. The van der Waals surface area contributed by atoms with E-state index in [4.69, 9.17) is 64.5 Å². The summed E-state index contributed by atoms with van der Waals surface area (Å²) in [4.78, 5) is 79.8. The molecule has 4 N–H and O–H groups in total. The number of carbonyl (C=O) groups excluding carboxylic acids is 7. The Balaban J connectivity index is -0.000000292. The topological polar surface area (TPSA) is 337 Å². The van der Waals surface area contributed by atoms with E-state index < -0.39 is 18.5 Å². The molecule has 0 aliphatic carbocycles. The SMILES string of the molecule is C.CC(=O)CCC(CCO)C(CCO)CCC(C)=O.CCCOCCOC(=O)OCCCO.CCCOCCOC(=O)OCCCOC.CCCOCCOO.O=C1CCC(C2CCOC(=O)CC2)CCO1.O=C1OCCCO1.[2H]B=O. The summed E-state index contributed by atoms with van der Waals surface area (Å²) in [6.07, 6.45) is 11.4. The van der Waals surface area contributed by atoms with E-state index in [9.17, 15) is 33.6 Å². The summed E-state index contributed by atoms with van der Waals surface area (Å²) >= 11 is 0. The quantitative estimate of drug-likeness (QED) is 0.0123. The molecule has 3 aliphatic heterocycles. The monoisotopic (exact) mass is 1180 g/mol. The van der Waals surface area contributed by atoms with Crippen LogP contribution in [-0.4, -0.2) is 204 Å². The average molecular weight is 1180 g/mol. The molecule has 3 heterocycles. The third-order valence-electron chi connectivity index (χ3n) is 11.2. The van der Waals surface area contributed by atoms with Crippen LogP contribution in [0.3, 0.4) is 0 Å². The van der Waals surface area contributed by atoms with Gasteiger partial charge >= 0.3 is 44.1 Å². The number of aliphatic hydroxyl groups is 3. The van der Waals surface area contributed by atoms with Gasteiger partial charge in [-0.25, -0.2) is 19.3 Å². The first-order valence-electron chi connectivity index (χ1n) is 28.5. The Labute approximate surface area is 484 Å². The van der Waals surface area contributed by atoms with Crippen LogP contribution < -0.4 is 0 Å². The van der Waals surface area contributed by atoms with Crippen LogP contribution in [-0.2, 0) is 85.6 Å². The van der Waals surface area contributed by atoms with Crippen molar-refractivity contribution in [1.82, 2.24) is 0 Å². The van der Waals surface area contributed by atoms with Crippen molar-refractivity contribution in [3.8, 4) is 0 Å². The van der Waals surface area contributed by atoms with Crippen molar-refractivity contribution in [1.29, 1.82) is 1.34 Å². The molecule has 478 valence electrons. The number of hydrogen-bond acceptors (Lipinski definition) is 25. The third-order valence-corrected chi connectivity index (χ3v) is 11.2. The maximum absolute atomic E-state index is 11.1. The van der Waals surface area contributed by atoms with Gasteiger partial charge in [0.1, 0.15) is 31.4 Å². The molecule has 3 saturated heterocycles. The fourth-order valence-corrected chi connectivity index (χ4v) is 7.25. The molecule has 3 fully saturated rings. The van der Waals surface area contributed by atoms with Gasteiger partial charge in [-0.05, 0) is 108 Å². The number of Topliss-reactive ketones (excluding diaryl/α,β-unsaturated/α-hetero) is 2. The second kappa shape index (κ2) is 68.1. The second-order valence-corrected chi connectivity index (χ2v) is 17.9. The van der Waals surface area contributed by atoms with Gasteiger partial charge in [0.2, 0.25) is 0 Å². The minimum absolute atomic E-state index is 0. The third kappa shape index (κ3) is 64.6. The zero-order valence-electron chi connectivity index (χ0n) is 49.9. The van der Waals surface area contributed by atoms with Crippen molar-refractivity contribution < 1.29 is 121 Å². The minimum atomic E-state index is -0.710. The number of methoxy groups -OCH3 is 1. The van der Waals surface area contributed by atoms with Crippen LogP contribution >= 0.6 is 0 Å². The van der Waals surface area contributed by atoms with Crippen LogP contribution in [0.5, 0.6) is 0 Å². The van der Waals surface area contributed by atoms with E-state index in [1.54, 1.807) is 21.0 Å². The number of ether oxygens (including phenoxy) is 12. The number of ketones is 2. The summed E-state index contributed by atoms with van der Waals surface area (Å²) in [6, 6.07) is 0. The van der Waals surface area contributed by atoms with E-state index in [0.29, 0.717) is 136 Å². The van der Waals surface area contributed by atoms with Gasteiger partial charge in [0, 0.05) is 98.3 Å². The zero-order valence-corrected chi connectivity index (χ0v) is 48.9. The van der Waals surface area contributed by atoms with Crippen LogP contribution in [0, 0.1) is 23.7 Å². The summed E-state index contributed by atoms with van der Waals surface area (Å²) in [5.41, 5.74) is 0. The molecule has 0 radical (unpaired) electrons. The van der Waals surface area contributed by atoms with Crippen molar-refractivity contribution >= 4 is 49.7 Å². The molecule has 81 heavy (non-hydrogen) atoms. The van der Waals surface area contributed by atoms with E-state index in [2.05, 4.69) is 23.8 Å². The van der Waals surface area contributed by atoms with Gasteiger partial charge in [0.05, 0.1) is 59.5 Å². The Kier molecular flexibility index (Phi) is 69.8. The zero-order chi connectivity index (χ0) is 61.4. The maximum atomic E-state index is 11.1. The molecule has 3 aliphatic rings. The molecule has 0 aromatic carbocycles. The van der Waals surface area contributed by atoms with E-state index in [-0.39, 0.29) is 96.7 Å². The summed E-state index contributed by atoms with van der Waals surface area (Å²) in [5, 5.41) is 34.3. The molecule has 26 heteroatoms. The molecule has 25 nitrogen and oxygen atoms in total. The first-order chi connectivity index (χ1) is 39.1. The normalized spacial score (nSPS) is 15.9. The first-order valence-corrected chi connectivity index (χ1v) is 27.9.